The molecule has 2 fully saturated rings. The number of nitrogens with one attached hydrogen (secondary N) is 2. The third-order valence-corrected chi connectivity index (χ3v) is 8.36. The Morgan fingerprint density at radius 2 is 1.82 bits per heavy atom. The van der Waals surface area contributed by atoms with E-state index in [1.54, 1.807) is 0 Å². The maximum atomic E-state index is 15.7. The summed E-state index contributed by atoms with van der Waals surface area (Å²) in [6, 6.07) is 3.55. The number of H-pyrrole nitrogens is 1. The van der Waals surface area contributed by atoms with E-state index in [4.69, 9.17) is 0 Å². The lowest BCUT2D eigenvalue weighted by atomic mass is 9.96. The number of pyridine rings is 1. The Balaban J connectivity index is 1.51. The van der Waals surface area contributed by atoms with Crippen LogP contribution < -0.4 is 15.8 Å². The maximum absolute atomic E-state index is 15.7. The third-order valence-electron chi connectivity index (χ3n) is 8.36. The first kappa shape index (κ1) is 28.4. The topological polar surface area (TPSA) is 71.7 Å². The SMILES string of the molecule is CC1CN(c2cc(F)c(C3=CCN(CC4CC4)CC3)cc2NC(=O)c2c[nH]c(=O)cc2C(F)(F)F)CC(C)N1C. The molecule has 0 radical (unpaired) electrons. The average Bonchev–Trinajstić information content (AvgIpc) is 3.71. The van der Waals surface area contributed by atoms with Gasteiger partial charge in [-0.2, -0.15) is 13.2 Å². The van der Waals surface area contributed by atoms with Crippen molar-refractivity contribution < 1.29 is 22.4 Å². The minimum Gasteiger partial charge on any atom is -0.367 e. The largest absolute Gasteiger partial charge is 0.417 e. The van der Waals surface area contributed by atoms with E-state index < -0.39 is 34.6 Å². The van der Waals surface area contributed by atoms with Gasteiger partial charge in [-0.25, -0.2) is 4.39 Å². The fourth-order valence-electron chi connectivity index (χ4n) is 5.64. The smallest absolute Gasteiger partial charge is 0.367 e. The molecule has 11 heteroatoms. The summed E-state index contributed by atoms with van der Waals surface area (Å²) in [5.41, 5.74) is -1.22. The Hall–Kier alpha value is -3.18. The van der Waals surface area contributed by atoms with E-state index in [0.717, 1.165) is 30.8 Å². The van der Waals surface area contributed by atoms with Crippen LogP contribution in [0.4, 0.5) is 28.9 Å². The molecule has 2 aromatic rings. The molecular formula is C29H35F4N5O2. The summed E-state index contributed by atoms with van der Waals surface area (Å²) in [7, 11) is 2.01. The summed E-state index contributed by atoms with van der Waals surface area (Å²) in [5.74, 6) is -0.726. The van der Waals surface area contributed by atoms with Gasteiger partial charge in [-0.1, -0.05) is 6.08 Å². The highest BCUT2D eigenvalue weighted by molar-refractivity contribution is 6.07. The van der Waals surface area contributed by atoms with Crippen LogP contribution in [0.15, 0.2) is 35.3 Å². The van der Waals surface area contributed by atoms with Crippen molar-refractivity contribution in [1.82, 2.24) is 14.8 Å². The van der Waals surface area contributed by atoms with Gasteiger partial charge in [0.05, 0.1) is 22.5 Å². The van der Waals surface area contributed by atoms with Crippen LogP contribution in [-0.4, -0.2) is 72.5 Å². The van der Waals surface area contributed by atoms with Crippen LogP contribution in [0.5, 0.6) is 0 Å². The van der Waals surface area contributed by atoms with Crippen molar-refractivity contribution in [2.24, 2.45) is 5.92 Å². The number of hydrogen-bond acceptors (Lipinski definition) is 5. The molecule has 2 aliphatic heterocycles. The number of halogens is 4. The Morgan fingerprint density at radius 1 is 1.12 bits per heavy atom. The maximum Gasteiger partial charge on any atom is 0.417 e. The molecule has 216 valence electrons. The summed E-state index contributed by atoms with van der Waals surface area (Å²) < 4.78 is 56.8. The lowest BCUT2D eigenvalue weighted by Crippen LogP contribution is -2.55. The van der Waals surface area contributed by atoms with Crippen molar-refractivity contribution in [3.63, 3.8) is 0 Å². The Bertz CT molecular complexity index is 1360. The highest BCUT2D eigenvalue weighted by atomic mass is 19.4. The number of aromatic amines is 1. The summed E-state index contributed by atoms with van der Waals surface area (Å²) in [5, 5.41) is 2.63. The minimum atomic E-state index is -4.90. The molecule has 3 heterocycles. The molecule has 2 unspecified atom stereocenters. The second kappa shape index (κ2) is 11.0. The standard InChI is InChI=1S/C29H35F4N5O2/c1-17-14-38(15-18(2)36(17)3)26-12-24(30)21(20-6-8-37(9-7-20)16-19-4-5-19)10-25(26)35-28(40)22-13-34-27(39)11-23(22)29(31,32)33/h6,10-13,17-19H,4-5,7-9,14-16H2,1-3H3,(H,34,39)(H,35,40). The number of aromatic nitrogens is 1. The van der Waals surface area contributed by atoms with Crippen LogP contribution in [0.3, 0.4) is 0 Å². The van der Waals surface area contributed by atoms with Crippen LogP contribution in [0.25, 0.3) is 5.57 Å². The fraction of sp³-hybridized carbons (Fsp3) is 0.517. The molecule has 1 saturated carbocycles. The summed E-state index contributed by atoms with van der Waals surface area (Å²) >= 11 is 0. The van der Waals surface area contributed by atoms with Gasteiger partial charge < -0.3 is 15.2 Å². The second-order valence-electron chi connectivity index (χ2n) is 11.4. The van der Waals surface area contributed by atoms with Crippen molar-refractivity contribution in [3.8, 4) is 0 Å². The van der Waals surface area contributed by atoms with E-state index in [9.17, 15) is 22.8 Å². The van der Waals surface area contributed by atoms with Crippen molar-refractivity contribution in [2.45, 2.75) is 51.4 Å². The van der Waals surface area contributed by atoms with Gasteiger partial charge in [-0.15, -0.1) is 0 Å². The van der Waals surface area contributed by atoms with Crippen molar-refractivity contribution >= 4 is 22.9 Å². The Labute approximate surface area is 230 Å². The zero-order chi connectivity index (χ0) is 28.8. The van der Waals surface area contributed by atoms with Crippen LogP contribution >= 0.6 is 0 Å². The van der Waals surface area contributed by atoms with E-state index in [1.165, 1.54) is 25.0 Å². The summed E-state index contributed by atoms with van der Waals surface area (Å²) in [4.78, 5) is 33.5. The molecule has 0 spiro atoms. The molecular weight excluding hydrogens is 526 g/mol. The molecule has 1 aromatic carbocycles. The second-order valence-corrected chi connectivity index (χ2v) is 11.4. The Morgan fingerprint density at radius 3 is 2.42 bits per heavy atom. The van der Waals surface area contributed by atoms with Gasteiger partial charge in [0.2, 0.25) is 5.56 Å². The lowest BCUT2D eigenvalue weighted by Gasteiger charge is -2.44. The highest BCUT2D eigenvalue weighted by Crippen LogP contribution is 2.38. The number of rotatable bonds is 6. The number of carbonyl (C=O) groups is 1. The normalized spacial score (nSPS) is 22.8. The number of carbonyl (C=O) groups excluding carboxylic acids is 1. The first-order chi connectivity index (χ1) is 18.9. The van der Waals surface area contributed by atoms with Gasteiger partial charge in [0.1, 0.15) is 5.82 Å². The number of anilines is 2. The molecule has 3 aliphatic rings. The zero-order valence-electron chi connectivity index (χ0n) is 22.9. The van der Waals surface area contributed by atoms with Gasteiger partial charge in [-0.05, 0) is 63.8 Å². The number of likely N-dealkylation sites (N-methyl/N-ethyl adjacent to an activating group) is 1. The van der Waals surface area contributed by atoms with Gasteiger partial charge in [0.25, 0.3) is 5.91 Å². The van der Waals surface area contributed by atoms with Crippen LogP contribution in [0.2, 0.25) is 0 Å². The number of alkyl halides is 3. The van der Waals surface area contributed by atoms with E-state index in [2.05, 4.69) is 20.1 Å². The summed E-state index contributed by atoms with van der Waals surface area (Å²) in [6.07, 6.45) is 1.00. The quantitative estimate of drug-likeness (QED) is 0.496. The van der Waals surface area contributed by atoms with E-state index in [-0.39, 0.29) is 17.8 Å². The first-order valence-corrected chi connectivity index (χ1v) is 13.7. The number of nitrogens with zero attached hydrogens (tertiary/aromatic N) is 3. The molecule has 1 saturated heterocycles. The fourth-order valence-corrected chi connectivity index (χ4v) is 5.64. The lowest BCUT2D eigenvalue weighted by molar-refractivity contribution is -0.138. The van der Waals surface area contributed by atoms with Crippen LogP contribution in [0, 0.1) is 11.7 Å². The predicted octanol–water partition coefficient (Wildman–Crippen LogP) is 4.81. The molecule has 1 aromatic heterocycles. The number of benzene rings is 1. The monoisotopic (exact) mass is 561 g/mol. The third kappa shape index (κ3) is 6.10. The van der Waals surface area contributed by atoms with Crippen molar-refractivity contribution in [3.05, 3.63) is 63.3 Å². The molecule has 0 bridgehead atoms. The summed E-state index contributed by atoms with van der Waals surface area (Å²) in [6.45, 7) is 7.72. The molecule has 7 nitrogen and oxygen atoms in total. The van der Waals surface area contributed by atoms with E-state index >= 15 is 4.39 Å². The minimum absolute atomic E-state index is 0.129. The molecule has 1 aliphatic carbocycles. The number of amides is 1. The first-order valence-electron chi connectivity index (χ1n) is 13.7. The van der Waals surface area contributed by atoms with Crippen LogP contribution in [0.1, 0.15) is 54.6 Å². The van der Waals surface area contributed by atoms with Gasteiger partial charge in [0, 0.05) is 62.6 Å². The molecule has 40 heavy (non-hydrogen) atoms. The molecule has 5 rings (SSSR count). The van der Waals surface area contributed by atoms with Gasteiger partial charge >= 0.3 is 6.18 Å². The van der Waals surface area contributed by atoms with E-state index in [1.807, 2.05) is 31.9 Å². The molecule has 1 amide bonds. The average molecular weight is 562 g/mol. The highest BCUT2D eigenvalue weighted by Gasteiger charge is 2.36. The Kier molecular flexibility index (Phi) is 7.80. The van der Waals surface area contributed by atoms with Gasteiger partial charge in [0.15, 0.2) is 0 Å². The van der Waals surface area contributed by atoms with Crippen LogP contribution in [-0.2, 0) is 6.18 Å². The van der Waals surface area contributed by atoms with E-state index in [0.29, 0.717) is 43.4 Å². The predicted molar refractivity (Wildman–Crippen MR) is 147 cm³/mol. The van der Waals surface area contributed by atoms with Crippen molar-refractivity contribution in [1.29, 1.82) is 0 Å². The van der Waals surface area contributed by atoms with Crippen molar-refractivity contribution in [2.75, 3.05) is 50.0 Å². The zero-order valence-corrected chi connectivity index (χ0v) is 22.9. The number of hydrogen-bond donors (Lipinski definition) is 2. The molecule has 2 atom stereocenters. The molecule has 2 N–H and O–H groups in total. The number of piperazine rings is 1. The van der Waals surface area contributed by atoms with Gasteiger partial charge in [-0.3, -0.25) is 19.4 Å².